The van der Waals surface area contributed by atoms with E-state index in [1.165, 1.54) is 23.5 Å². The van der Waals surface area contributed by atoms with E-state index in [1.54, 1.807) is 19.1 Å². The third-order valence-electron chi connectivity index (χ3n) is 9.75. The molecule has 0 radical (unpaired) electrons. The second kappa shape index (κ2) is 11.5. The summed E-state index contributed by atoms with van der Waals surface area (Å²) in [7, 11) is 0. The van der Waals surface area contributed by atoms with Gasteiger partial charge in [0.15, 0.2) is 24.1 Å². The first-order valence-electron chi connectivity index (χ1n) is 14.8. The molecule has 10 atom stereocenters. The van der Waals surface area contributed by atoms with Gasteiger partial charge >= 0.3 is 5.97 Å². The van der Waals surface area contributed by atoms with Crippen LogP contribution in [-0.4, -0.2) is 82.5 Å². The van der Waals surface area contributed by atoms with Crippen LogP contribution in [0.1, 0.15) is 46.8 Å². The first-order valence-corrected chi connectivity index (χ1v) is 15.7. The van der Waals surface area contributed by atoms with Gasteiger partial charge in [0.25, 0.3) is 0 Å². The summed E-state index contributed by atoms with van der Waals surface area (Å²) in [6.07, 6.45) is -7.64. The minimum atomic E-state index is -1.54. The number of ether oxygens (including phenoxy) is 7. The van der Waals surface area contributed by atoms with E-state index >= 15 is 0 Å². The fourth-order valence-electron chi connectivity index (χ4n) is 7.39. The van der Waals surface area contributed by atoms with Crippen LogP contribution in [0.3, 0.4) is 0 Å². The molecular formula is C31H30O15S. The number of rotatable bonds is 6. The van der Waals surface area contributed by atoms with Gasteiger partial charge in [0.2, 0.25) is 24.0 Å². The van der Waals surface area contributed by atoms with Gasteiger partial charge in [-0.15, -0.1) is 11.3 Å². The summed E-state index contributed by atoms with van der Waals surface area (Å²) >= 11 is 1.44. The minimum absolute atomic E-state index is 0.0481. The topological polar surface area (TPSA) is 201 Å². The number of carbonyl (C=O) groups is 1. The van der Waals surface area contributed by atoms with Crippen molar-refractivity contribution in [2.75, 3.05) is 20.0 Å². The maximum Gasteiger partial charge on any atom is 0.313 e. The smallest absolute Gasteiger partial charge is 0.313 e. The van der Waals surface area contributed by atoms with Crippen LogP contribution in [0.4, 0.5) is 0 Å². The van der Waals surface area contributed by atoms with Crippen LogP contribution in [0.15, 0.2) is 41.8 Å². The number of cyclic esters (lactones) is 1. The third-order valence-corrected chi connectivity index (χ3v) is 10.6. The summed E-state index contributed by atoms with van der Waals surface area (Å²) in [6, 6.07) is 9.72. The van der Waals surface area contributed by atoms with Crippen molar-refractivity contribution in [2.45, 2.75) is 55.9 Å². The predicted molar refractivity (Wildman–Crippen MR) is 154 cm³/mol. The Kier molecular flexibility index (Phi) is 7.47. The van der Waals surface area contributed by atoms with Crippen molar-refractivity contribution in [2.24, 2.45) is 11.3 Å². The highest BCUT2D eigenvalue weighted by Crippen LogP contribution is 2.62. The zero-order valence-electron chi connectivity index (χ0n) is 24.6. The van der Waals surface area contributed by atoms with E-state index in [4.69, 9.17) is 33.2 Å². The number of esters is 1. The number of phenols is 1. The molecule has 0 saturated carbocycles. The van der Waals surface area contributed by atoms with E-state index < -0.39 is 83.6 Å². The number of carbonyl (C=O) groups excluding carboxylic acids is 1. The molecule has 47 heavy (non-hydrogen) atoms. The average molecular weight is 675 g/mol. The number of thiophene rings is 1. The Morgan fingerprint density at radius 1 is 0.936 bits per heavy atom. The molecule has 15 nitrogen and oxygen atoms in total. The molecule has 1 aromatic heterocycles. The van der Waals surface area contributed by atoms with Gasteiger partial charge < -0.3 is 58.3 Å². The van der Waals surface area contributed by atoms with Crippen LogP contribution in [0, 0.1) is 11.3 Å². The second-order valence-electron chi connectivity index (χ2n) is 12.2. The molecule has 5 heterocycles. The lowest BCUT2D eigenvalue weighted by molar-refractivity contribution is -0.369. The van der Waals surface area contributed by atoms with Crippen LogP contribution in [0.2, 0.25) is 0 Å². The number of hydrogen-bond acceptors (Lipinski definition) is 16. The second-order valence-corrected chi connectivity index (χ2v) is 13.1. The summed E-state index contributed by atoms with van der Waals surface area (Å²) < 4.78 is 41.5. The fourth-order valence-corrected chi connectivity index (χ4v) is 8.10. The fraction of sp³-hybridized carbons (Fsp3) is 0.452. The van der Waals surface area contributed by atoms with Crippen LogP contribution >= 0.6 is 11.3 Å². The summed E-state index contributed by atoms with van der Waals surface area (Å²) in [5.41, 5.74) is -0.00701. The molecule has 250 valence electrons. The molecule has 0 bridgehead atoms. The molecule has 5 N–H and O–H groups in total. The van der Waals surface area contributed by atoms with E-state index in [-0.39, 0.29) is 20.0 Å². The molecule has 1 aliphatic carbocycles. The molecule has 16 heteroatoms. The molecule has 3 aromatic rings. The zero-order chi connectivity index (χ0) is 32.6. The number of benzene rings is 2. The molecule has 8 rings (SSSR count). The predicted octanol–water partition coefficient (Wildman–Crippen LogP) is 2.83. The maximum absolute atomic E-state index is 13.7. The Hall–Kier alpha value is -3.71. The van der Waals surface area contributed by atoms with Gasteiger partial charge in [-0.05, 0) is 59.3 Å². The SMILES string of the molecule is C[C@]12C(=O)OC[C@@H]1[C@H](O[C@@H]1O[C@@H]3COC(c4cccs4)O[C@H]3[C@H](O)[C@H]1O)c1cc3c(cc1[C@H]2c1cc(OO)c(O)c(OO)c1)OCO3. The third kappa shape index (κ3) is 4.67. The highest BCUT2D eigenvalue weighted by Gasteiger charge is 2.63. The van der Waals surface area contributed by atoms with Crippen molar-refractivity contribution in [1.29, 1.82) is 0 Å². The number of aromatic hydroxyl groups is 1. The van der Waals surface area contributed by atoms with Crippen LogP contribution < -0.4 is 19.2 Å². The molecule has 5 aliphatic rings. The van der Waals surface area contributed by atoms with Crippen molar-refractivity contribution in [3.63, 3.8) is 0 Å². The number of hydrogen-bond donors (Lipinski definition) is 5. The van der Waals surface area contributed by atoms with Crippen molar-refractivity contribution < 1.29 is 73.6 Å². The Morgan fingerprint density at radius 3 is 2.34 bits per heavy atom. The van der Waals surface area contributed by atoms with Gasteiger partial charge in [-0.3, -0.25) is 4.79 Å². The summed E-state index contributed by atoms with van der Waals surface area (Å²) in [5, 5.41) is 53.7. The molecule has 2 aromatic carbocycles. The highest BCUT2D eigenvalue weighted by molar-refractivity contribution is 7.10. The van der Waals surface area contributed by atoms with Crippen molar-refractivity contribution in [3.8, 4) is 28.7 Å². The van der Waals surface area contributed by atoms with Gasteiger partial charge in [-0.2, -0.15) is 0 Å². The van der Waals surface area contributed by atoms with Gasteiger partial charge in [-0.25, -0.2) is 10.5 Å². The average Bonchev–Trinajstić information content (AvgIpc) is 3.84. The molecular weight excluding hydrogens is 644 g/mol. The zero-order valence-corrected chi connectivity index (χ0v) is 25.4. The summed E-state index contributed by atoms with van der Waals surface area (Å²) in [4.78, 5) is 23.2. The Labute approximate surface area is 270 Å². The number of phenolic OH excluding ortho intramolecular Hbond substituents is 1. The van der Waals surface area contributed by atoms with E-state index in [0.717, 1.165) is 4.88 Å². The monoisotopic (exact) mass is 674 g/mol. The van der Waals surface area contributed by atoms with Crippen LogP contribution in [0.5, 0.6) is 28.7 Å². The molecule has 3 fully saturated rings. The normalized spacial score (nSPS) is 35.4. The van der Waals surface area contributed by atoms with Crippen molar-refractivity contribution >= 4 is 17.3 Å². The molecule has 4 aliphatic heterocycles. The van der Waals surface area contributed by atoms with E-state index in [0.29, 0.717) is 28.2 Å². The Balaban J connectivity index is 1.18. The highest BCUT2D eigenvalue weighted by atomic mass is 32.1. The summed E-state index contributed by atoms with van der Waals surface area (Å²) in [6.45, 7) is 1.62. The minimum Gasteiger partial charge on any atom is -0.501 e. The Bertz CT molecular complexity index is 1650. The molecule has 0 amide bonds. The van der Waals surface area contributed by atoms with Crippen molar-refractivity contribution in [1.82, 2.24) is 0 Å². The molecule has 3 saturated heterocycles. The Morgan fingerprint density at radius 2 is 1.66 bits per heavy atom. The van der Waals surface area contributed by atoms with Gasteiger partial charge in [-0.1, -0.05) is 6.07 Å². The first kappa shape index (κ1) is 30.6. The largest absolute Gasteiger partial charge is 0.501 e. The first-order chi connectivity index (χ1) is 22.7. The van der Waals surface area contributed by atoms with E-state index in [9.17, 15) is 30.6 Å². The van der Waals surface area contributed by atoms with E-state index in [2.05, 4.69) is 9.78 Å². The van der Waals surface area contributed by atoms with E-state index in [1.807, 2.05) is 17.5 Å². The standard InChI is InChI=1S/C31H30O15S/c1-31-15(9-39-30(31)35)26(43-29-25(34)24(33)27-20(42-29)10-38-28(44-27)21-3-2-4-47-21)14-8-17-16(40-11-41-17)7-13(14)22(31)12-5-18(45-36)23(32)19(6-12)46-37/h2-8,15,20,22,24-29,32-34,36-37H,9-11H2,1H3/t15-,20-,22-,24-,25-,26-,27-,28?,29+,31+/m1/s1. The molecule has 0 spiro atoms. The number of aliphatic hydroxyl groups excluding tert-OH is 2. The number of fused-ring (bicyclic) bond motifs is 4. The van der Waals surface area contributed by atoms with Crippen LogP contribution in [-0.2, 0) is 28.5 Å². The lowest BCUT2D eigenvalue weighted by atomic mass is 9.57. The quantitative estimate of drug-likeness (QED) is 0.145. The van der Waals surface area contributed by atoms with Gasteiger partial charge in [0.05, 0.1) is 29.6 Å². The van der Waals surface area contributed by atoms with Crippen molar-refractivity contribution in [3.05, 3.63) is 63.3 Å². The number of aliphatic hydroxyl groups is 2. The lowest BCUT2D eigenvalue weighted by Gasteiger charge is -2.49. The molecule has 1 unspecified atom stereocenters. The lowest BCUT2D eigenvalue weighted by Crippen LogP contribution is -2.62. The summed E-state index contributed by atoms with van der Waals surface area (Å²) in [5.74, 6) is -2.86. The van der Waals surface area contributed by atoms with Gasteiger partial charge in [0.1, 0.15) is 24.4 Å². The maximum atomic E-state index is 13.7. The van der Waals surface area contributed by atoms with Crippen LogP contribution in [0.25, 0.3) is 0 Å². The van der Waals surface area contributed by atoms with Gasteiger partial charge in [0, 0.05) is 11.8 Å².